The van der Waals surface area contributed by atoms with Gasteiger partial charge in [0.15, 0.2) is 0 Å². The Labute approximate surface area is 116 Å². The van der Waals surface area contributed by atoms with Gasteiger partial charge in [-0.15, -0.1) is 0 Å². The van der Waals surface area contributed by atoms with Crippen LogP contribution in [0.1, 0.15) is 39.0 Å². The largest absolute Gasteiger partial charge is 0.396 e. The molecule has 1 unspecified atom stereocenters. The van der Waals surface area contributed by atoms with Crippen molar-refractivity contribution >= 4 is 10.2 Å². The first-order chi connectivity index (χ1) is 9.04. The van der Waals surface area contributed by atoms with Gasteiger partial charge in [0, 0.05) is 32.8 Å². The molecule has 0 aromatic carbocycles. The molecule has 0 amide bonds. The second-order valence-electron chi connectivity index (χ2n) is 5.97. The number of nitrogens with zero attached hydrogens (tertiary/aromatic N) is 2. The monoisotopic (exact) mass is 290 g/mol. The van der Waals surface area contributed by atoms with Crippen LogP contribution in [0.25, 0.3) is 0 Å². The number of aliphatic hydroxyl groups is 1. The molecule has 1 atom stereocenters. The number of hydrogen-bond acceptors (Lipinski definition) is 3. The van der Waals surface area contributed by atoms with Crippen molar-refractivity contribution in [3.8, 4) is 0 Å². The molecule has 2 heterocycles. The van der Waals surface area contributed by atoms with Crippen molar-refractivity contribution in [3.63, 3.8) is 0 Å². The summed E-state index contributed by atoms with van der Waals surface area (Å²) in [7, 11) is -3.27. The van der Waals surface area contributed by atoms with Gasteiger partial charge in [0.25, 0.3) is 10.2 Å². The molecule has 2 aliphatic heterocycles. The summed E-state index contributed by atoms with van der Waals surface area (Å²) >= 11 is 0. The Morgan fingerprint density at radius 1 is 1.11 bits per heavy atom. The number of hydrogen-bond donors (Lipinski definition) is 1. The van der Waals surface area contributed by atoms with Crippen LogP contribution in [0, 0.1) is 11.8 Å². The van der Waals surface area contributed by atoms with E-state index in [0.29, 0.717) is 44.4 Å². The number of rotatable bonds is 4. The molecule has 112 valence electrons. The van der Waals surface area contributed by atoms with Crippen LogP contribution in [0.5, 0.6) is 0 Å². The summed E-state index contributed by atoms with van der Waals surface area (Å²) in [5.41, 5.74) is 0. The Morgan fingerprint density at radius 2 is 1.79 bits per heavy atom. The van der Waals surface area contributed by atoms with Crippen molar-refractivity contribution in [2.75, 3.05) is 32.8 Å². The van der Waals surface area contributed by atoms with Crippen LogP contribution in [0.3, 0.4) is 0 Å². The Hall–Kier alpha value is -0.170. The highest BCUT2D eigenvalue weighted by Gasteiger charge is 2.34. The smallest absolute Gasteiger partial charge is 0.281 e. The van der Waals surface area contributed by atoms with E-state index in [-0.39, 0.29) is 6.61 Å². The molecule has 0 bridgehead atoms. The van der Waals surface area contributed by atoms with E-state index in [1.54, 1.807) is 8.61 Å². The molecule has 0 aromatic rings. The van der Waals surface area contributed by atoms with Crippen LogP contribution in [-0.2, 0) is 10.2 Å². The van der Waals surface area contributed by atoms with Gasteiger partial charge >= 0.3 is 0 Å². The second-order valence-corrected chi connectivity index (χ2v) is 7.90. The normalized spacial score (nSPS) is 28.6. The molecule has 0 spiro atoms. The summed E-state index contributed by atoms with van der Waals surface area (Å²) in [6.45, 7) is 4.86. The molecule has 2 fully saturated rings. The van der Waals surface area contributed by atoms with E-state index in [9.17, 15) is 8.42 Å². The fourth-order valence-corrected chi connectivity index (χ4v) is 4.79. The Morgan fingerprint density at radius 3 is 2.42 bits per heavy atom. The minimum absolute atomic E-state index is 0.153. The van der Waals surface area contributed by atoms with E-state index in [2.05, 4.69) is 6.92 Å². The minimum atomic E-state index is -3.27. The van der Waals surface area contributed by atoms with Crippen LogP contribution in [0.15, 0.2) is 0 Å². The van der Waals surface area contributed by atoms with Gasteiger partial charge in [0.2, 0.25) is 0 Å². The Kier molecular flexibility index (Phi) is 5.22. The molecule has 0 aromatic heterocycles. The predicted octanol–water partition coefficient (Wildman–Crippen LogP) is 1.06. The first-order valence-corrected chi connectivity index (χ1v) is 8.80. The summed E-state index contributed by atoms with van der Waals surface area (Å²) < 4.78 is 28.5. The van der Waals surface area contributed by atoms with Crippen molar-refractivity contribution in [3.05, 3.63) is 0 Å². The van der Waals surface area contributed by atoms with Gasteiger partial charge in [0.1, 0.15) is 0 Å². The maximum atomic E-state index is 12.6. The molecule has 2 aliphatic rings. The van der Waals surface area contributed by atoms with Crippen LogP contribution in [0.2, 0.25) is 0 Å². The fraction of sp³-hybridized carbons (Fsp3) is 1.00. The van der Waals surface area contributed by atoms with Gasteiger partial charge in [0.05, 0.1) is 0 Å². The molecule has 6 heteroatoms. The Balaban J connectivity index is 1.98. The SMILES string of the molecule is CC1CCN(S(=O)(=O)N2CCCC(CCO)C2)CC1. The van der Waals surface area contributed by atoms with Crippen molar-refractivity contribution in [1.82, 2.24) is 8.61 Å². The average molecular weight is 290 g/mol. The maximum Gasteiger partial charge on any atom is 0.281 e. The molecule has 1 N–H and O–H groups in total. The lowest BCUT2D eigenvalue weighted by molar-refractivity contribution is 0.190. The Bertz CT molecular complexity index is 375. The summed E-state index contributed by atoms with van der Waals surface area (Å²) in [5, 5.41) is 9.01. The number of piperidine rings is 2. The van der Waals surface area contributed by atoms with Crippen LogP contribution in [0.4, 0.5) is 0 Å². The highest BCUT2D eigenvalue weighted by Crippen LogP contribution is 2.26. The minimum Gasteiger partial charge on any atom is -0.396 e. The molecular weight excluding hydrogens is 264 g/mol. The lowest BCUT2D eigenvalue weighted by atomic mass is 9.97. The first kappa shape index (κ1) is 15.2. The zero-order valence-corrected chi connectivity index (χ0v) is 12.6. The molecular formula is C13H26N2O3S. The lowest BCUT2D eigenvalue weighted by Gasteiger charge is -2.37. The maximum absolute atomic E-state index is 12.6. The molecule has 2 saturated heterocycles. The zero-order valence-electron chi connectivity index (χ0n) is 11.8. The topological polar surface area (TPSA) is 60.9 Å². The predicted molar refractivity (Wildman–Crippen MR) is 74.9 cm³/mol. The molecule has 19 heavy (non-hydrogen) atoms. The van der Waals surface area contributed by atoms with Gasteiger partial charge in [-0.3, -0.25) is 0 Å². The van der Waals surface area contributed by atoms with E-state index >= 15 is 0 Å². The summed E-state index contributed by atoms with van der Waals surface area (Å²) in [5.74, 6) is 0.951. The van der Waals surface area contributed by atoms with Crippen molar-refractivity contribution in [1.29, 1.82) is 0 Å². The third-order valence-corrected chi connectivity index (χ3v) is 6.42. The van der Waals surface area contributed by atoms with Crippen molar-refractivity contribution in [2.45, 2.75) is 39.0 Å². The lowest BCUT2D eigenvalue weighted by Crippen LogP contribution is -2.50. The summed E-state index contributed by atoms with van der Waals surface area (Å²) in [4.78, 5) is 0. The fourth-order valence-electron chi connectivity index (χ4n) is 3.03. The quantitative estimate of drug-likeness (QED) is 0.842. The third-order valence-electron chi connectivity index (χ3n) is 4.41. The van der Waals surface area contributed by atoms with Gasteiger partial charge in [-0.1, -0.05) is 6.92 Å². The van der Waals surface area contributed by atoms with Gasteiger partial charge in [-0.2, -0.15) is 17.0 Å². The molecule has 0 radical (unpaired) electrons. The molecule has 5 nitrogen and oxygen atoms in total. The van der Waals surface area contributed by atoms with E-state index in [1.165, 1.54) is 0 Å². The first-order valence-electron chi connectivity index (χ1n) is 7.40. The average Bonchev–Trinajstić information content (AvgIpc) is 2.40. The van der Waals surface area contributed by atoms with Gasteiger partial charge in [-0.25, -0.2) is 0 Å². The van der Waals surface area contributed by atoms with E-state index in [0.717, 1.165) is 25.7 Å². The zero-order chi connectivity index (χ0) is 13.9. The number of aliphatic hydroxyl groups excluding tert-OH is 1. The van der Waals surface area contributed by atoms with Crippen LogP contribution >= 0.6 is 0 Å². The second kappa shape index (κ2) is 6.52. The van der Waals surface area contributed by atoms with Gasteiger partial charge in [-0.05, 0) is 43.9 Å². The summed E-state index contributed by atoms with van der Waals surface area (Å²) in [6.07, 6.45) is 4.58. The van der Waals surface area contributed by atoms with E-state index < -0.39 is 10.2 Å². The van der Waals surface area contributed by atoms with Crippen molar-refractivity contribution in [2.24, 2.45) is 11.8 Å². The standard InChI is InChI=1S/C13H26N2O3S/c1-12-4-8-14(9-5-12)19(17,18)15-7-2-3-13(11-15)6-10-16/h12-13,16H,2-11H2,1H3. The van der Waals surface area contributed by atoms with E-state index in [1.807, 2.05) is 0 Å². The third kappa shape index (κ3) is 3.68. The van der Waals surface area contributed by atoms with Crippen LogP contribution in [-0.4, -0.2) is 54.9 Å². The molecule has 2 rings (SSSR count). The summed E-state index contributed by atoms with van der Waals surface area (Å²) in [6, 6.07) is 0. The highest BCUT2D eigenvalue weighted by molar-refractivity contribution is 7.86. The highest BCUT2D eigenvalue weighted by atomic mass is 32.2. The molecule has 0 saturated carbocycles. The van der Waals surface area contributed by atoms with Crippen molar-refractivity contribution < 1.29 is 13.5 Å². The van der Waals surface area contributed by atoms with E-state index in [4.69, 9.17) is 5.11 Å². The van der Waals surface area contributed by atoms with Crippen LogP contribution < -0.4 is 0 Å². The molecule has 0 aliphatic carbocycles. The van der Waals surface area contributed by atoms with Gasteiger partial charge < -0.3 is 5.11 Å².